The van der Waals surface area contributed by atoms with E-state index >= 15 is 0 Å². The first-order valence-corrected chi connectivity index (χ1v) is 11.8. The molecule has 0 heterocycles. The summed E-state index contributed by atoms with van der Waals surface area (Å²) in [5, 5.41) is 0.464. The van der Waals surface area contributed by atoms with Gasteiger partial charge in [0.25, 0.3) is 15.9 Å². The fraction of sp³-hybridized carbons (Fsp3) is 0.130. The second-order valence-corrected chi connectivity index (χ2v) is 9.76. The average molecular weight is 488 g/mol. The van der Waals surface area contributed by atoms with Crippen LogP contribution in [-0.2, 0) is 20.2 Å². The standard InChI is InChI=1S/C23H19ClFN3O4S/c24-17-6-10-19(11-7-17)28-33(31,32)20-3-1-2-15(14-20)21(29)26-27-22(30)23(12-13-23)16-4-8-18(25)9-5-16/h1-11,14,28H,12-13H2,(H,26,29)(H,27,30). The van der Waals surface area contributed by atoms with Crippen LogP contribution in [0.2, 0.25) is 5.02 Å². The molecule has 2 amide bonds. The predicted molar refractivity (Wildman–Crippen MR) is 122 cm³/mol. The number of benzene rings is 3. The van der Waals surface area contributed by atoms with Crippen molar-refractivity contribution >= 4 is 39.1 Å². The zero-order chi connectivity index (χ0) is 23.6. The summed E-state index contributed by atoms with van der Waals surface area (Å²) in [6.45, 7) is 0. The van der Waals surface area contributed by atoms with Crippen molar-refractivity contribution in [3.05, 3.63) is 94.8 Å². The number of carbonyl (C=O) groups is 2. The minimum absolute atomic E-state index is 0.0425. The van der Waals surface area contributed by atoms with Gasteiger partial charge in [0.1, 0.15) is 5.82 Å². The molecule has 170 valence electrons. The van der Waals surface area contributed by atoms with Gasteiger partial charge in [-0.1, -0.05) is 29.8 Å². The molecule has 0 unspecified atom stereocenters. The second-order valence-electron chi connectivity index (χ2n) is 7.64. The molecular formula is C23H19ClFN3O4S. The van der Waals surface area contributed by atoms with Crippen LogP contribution in [-0.4, -0.2) is 20.2 Å². The van der Waals surface area contributed by atoms with Crippen LogP contribution in [0.3, 0.4) is 0 Å². The Kier molecular flexibility index (Phi) is 6.09. The van der Waals surface area contributed by atoms with Crippen molar-refractivity contribution in [1.82, 2.24) is 10.9 Å². The zero-order valence-electron chi connectivity index (χ0n) is 17.1. The maximum absolute atomic E-state index is 13.2. The van der Waals surface area contributed by atoms with E-state index in [4.69, 9.17) is 11.6 Å². The second kappa shape index (κ2) is 8.84. The van der Waals surface area contributed by atoms with Crippen LogP contribution in [0.25, 0.3) is 0 Å². The van der Waals surface area contributed by atoms with Gasteiger partial charge in [0, 0.05) is 16.3 Å². The van der Waals surface area contributed by atoms with Gasteiger partial charge in [-0.3, -0.25) is 25.2 Å². The Morgan fingerprint density at radius 2 is 1.58 bits per heavy atom. The number of anilines is 1. The minimum atomic E-state index is -3.96. The highest BCUT2D eigenvalue weighted by Crippen LogP contribution is 2.48. The number of rotatable bonds is 6. The summed E-state index contributed by atoms with van der Waals surface area (Å²) in [6, 6.07) is 17.2. The van der Waals surface area contributed by atoms with Gasteiger partial charge in [0.15, 0.2) is 0 Å². The Hall–Kier alpha value is -3.43. The van der Waals surface area contributed by atoms with Crippen LogP contribution in [0.5, 0.6) is 0 Å². The molecule has 1 fully saturated rings. The summed E-state index contributed by atoms with van der Waals surface area (Å²) in [5.41, 5.74) is 4.92. The fourth-order valence-corrected chi connectivity index (χ4v) is 4.61. The highest BCUT2D eigenvalue weighted by molar-refractivity contribution is 7.92. The highest BCUT2D eigenvalue weighted by Gasteiger charge is 2.51. The monoisotopic (exact) mass is 487 g/mol. The van der Waals surface area contributed by atoms with Crippen LogP contribution in [0.4, 0.5) is 10.1 Å². The lowest BCUT2D eigenvalue weighted by molar-refractivity contribution is -0.124. The topological polar surface area (TPSA) is 104 Å². The SMILES string of the molecule is O=C(NNC(=O)C1(c2ccc(F)cc2)CC1)c1cccc(S(=O)(=O)Nc2ccc(Cl)cc2)c1. The van der Waals surface area contributed by atoms with Gasteiger partial charge in [-0.25, -0.2) is 12.8 Å². The van der Waals surface area contributed by atoms with E-state index in [1.807, 2.05) is 0 Å². The Balaban J connectivity index is 1.43. The van der Waals surface area contributed by atoms with E-state index in [-0.39, 0.29) is 10.5 Å². The molecule has 3 N–H and O–H groups in total. The first-order valence-electron chi connectivity index (χ1n) is 9.95. The first kappa shape index (κ1) is 22.8. The molecule has 1 aliphatic carbocycles. The molecular weight excluding hydrogens is 469 g/mol. The number of nitrogens with one attached hydrogen (secondary N) is 3. The van der Waals surface area contributed by atoms with Gasteiger partial charge in [-0.15, -0.1) is 0 Å². The van der Waals surface area contributed by atoms with Crippen molar-refractivity contribution < 1.29 is 22.4 Å². The lowest BCUT2D eigenvalue weighted by atomic mass is 9.95. The van der Waals surface area contributed by atoms with E-state index in [1.165, 1.54) is 48.5 Å². The van der Waals surface area contributed by atoms with Crippen LogP contribution in [0.15, 0.2) is 77.7 Å². The molecule has 0 bridgehead atoms. The Morgan fingerprint density at radius 3 is 2.21 bits per heavy atom. The molecule has 0 radical (unpaired) electrons. The normalized spacial score (nSPS) is 14.2. The first-order chi connectivity index (χ1) is 15.7. The summed E-state index contributed by atoms with van der Waals surface area (Å²) < 4.78 is 40.9. The van der Waals surface area contributed by atoms with Gasteiger partial charge in [-0.2, -0.15) is 0 Å². The molecule has 33 heavy (non-hydrogen) atoms. The van der Waals surface area contributed by atoms with E-state index in [1.54, 1.807) is 24.3 Å². The molecule has 10 heteroatoms. The molecule has 0 atom stereocenters. The number of hydrazine groups is 1. The summed E-state index contributed by atoms with van der Waals surface area (Å²) in [7, 11) is -3.96. The fourth-order valence-electron chi connectivity index (χ4n) is 3.38. The Morgan fingerprint density at radius 1 is 0.909 bits per heavy atom. The Bertz CT molecular complexity index is 1310. The van der Waals surface area contributed by atoms with Crippen LogP contribution in [0.1, 0.15) is 28.8 Å². The number of hydrogen-bond acceptors (Lipinski definition) is 4. The number of hydrogen-bond donors (Lipinski definition) is 3. The third-order valence-electron chi connectivity index (χ3n) is 5.37. The van der Waals surface area contributed by atoms with Gasteiger partial charge in [0.05, 0.1) is 10.3 Å². The zero-order valence-corrected chi connectivity index (χ0v) is 18.7. The number of halogens is 2. The molecule has 3 aromatic rings. The van der Waals surface area contributed by atoms with Crippen molar-refractivity contribution in [2.75, 3.05) is 4.72 Å². The van der Waals surface area contributed by atoms with Crippen LogP contribution >= 0.6 is 11.6 Å². The molecule has 0 aliphatic heterocycles. The maximum atomic E-state index is 13.2. The minimum Gasteiger partial charge on any atom is -0.280 e. The Labute approximate surface area is 195 Å². The summed E-state index contributed by atoms with van der Waals surface area (Å²) >= 11 is 5.81. The predicted octanol–water partition coefficient (Wildman–Crippen LogP) is 3.77. The van der Waals surface area contributed by atoms with E-state index in [0.717, 1.165) is 0 Å². The van der Waals surface area contributed by atoms with Gasteiger partial charge in [0.2, 0.25) is 5.91 Å². The smallest absolute Gasteiger partial charge is 0.269 e. The average Bonchev–Trinajstić information content (AvgIpc) is 3.61. The summed E-state index contributed by atoms with van der Waals surface area (Å²) in [5.74, 6) is -1.50. The summed E-state index contributed by atoms with van der Waals surface area (Å²) in [4.78, 5) is 25.1. The van der Waals surface area contributed by atoms with Crippen LogP contribution in [0, 0.1) is 5.82 Å². The maximum Gasteiger partial charge on any atom is 0.269 e. The largest absolute Gasteiger partial charge is 0.280 e. The van der Waals surface area contributed by atoms with E-state index < -0.39 is 33.1 Å². The third kappa shape index (κ3) is 4.99. The van der Waals surface area contributed by atoms with Gasteiger partial charge >= 0.3 is 0 Å². The molecule has 0 spiro atoms. The van der Waals surface area contributed by atoms with Crippen molar-refractivity contribution in [2.45, 2.75) is 23.2 Å². The highest BCUT2D eigenvalue weighted by atomic mass is 35.5. The van der Waals surface area contributed by atoms with E-state index in [2.05, 4.69) is 15.6 Å². The van der Waals surface area contributed by atoms with Crippen LogP contribution < -0.4 is 15.6 Å². The molecule has 1 aliphatic rings. The van der Waals surface area contributed by atoms with Crippen molar-refractivity contribution in [3.63, 3.8) is 0 Å². The van der Waals surface area contributed by atoms with Crippen molar-refractivity contribution in [1.29, 1.82) is 0 Å². The molecule has 3 aromatic carbocycles. The molecule has 0 saturated heterocycles. The lowest BCUT2D eigenvalue weighted by Gasteiger charge is -2.16. The summed E-state index contributed by atoms with van der Waals surface area (Å²) in [6.07, 6.45) is 1.15. The number of sulfonamides is 1. The van der Waals surface area contributed by atoms with Crippen molar-refractivity contribution in [3.8, 4) is 0 Å². The molecule has 4 rings (SSSR count). The molecule has 1 saturated carbocycles. The van der Waals surface area contributed by atoms with Crippen molar-refractivity contribution in [2.24, 2.45) is 0 Å². The number of amides is 2. The number of carbonyl (C=O) groups excluding carboxylic acids is 2. The quantitative estimate of drug-likeness (QED) is 0.460. The van der Waals surface area contributed by atoms with E-state index in [9.17, 15) is 22.4 Å². The van der Waals surface area contributed by atoms with Gasteiger partial charge < -0.3 is 0 Å². The van der Waals surface area contributed by atoms with E-state index in [0.29, 0.717) is 29.1 Å². The lowest BCUT2D eigenvalue weighted by Crippen LogP contribution is -2.46. The van der Waals surface area contributed by atoms with Gasteiger partial charge in [-0.05, 0) is 73.0 Å². The third-order valence-corrected chi connectivity index (χ3v) is 7.00. The molecule has 7 nitrogen and oxygen atoms in total. The molecule has 0 aromatic heterocycles.